The molecule has 1 heterocycles. The van der Waals surface area contributed by atoms with Crippen molar-refractivity contribution in [2.45, 2.75) is 53.6 Å². The maximum atomic E-state index is 13.1. The molecule has 0 radical (unpaired) electrons. The normalized spacial score (nSPS) is 11.3. The maximum absolute atomic E-state index is 13.1. The van der Waals surface area contributed by atoms with Crippen molar-refractivity contribution in [3.63, 3.8) is 0 Å². The first-order chi connectivity index (χ1) is 13.9. The Morgan fingerprint density at radius 1 is 0.897 bits per heavy atom. The molecule has 2 nitrogen and oxygen atoms in total. The van der Waals surface area contributed by atoms with E-state index in [0.29, 0.717) is 0 Å². The van der Waals surface area contributed by atoms with Crippen LogP contribution in [0, 0.1) is 19.7 Å². The van der Waals surface area contributed by atoms with Gasteiger partial charge in [-0.05, 0) is 79.8 Å². The van der Waals surface area contributed by atoms with Crippen molar-refractivity contribution in [3.05, 3.63) is 87.9 Å². The van der Waals surface area contributed by atoms with Crippen LogP contribution in [-0.4, -0.2) is 16.9 Å². The third kappa shape index (κ3) is 4.91. The van der Waals surface area contributed by atoms with Gasteiger partial charge >= 0.3 is 0 Å². The summed E-state index contributed by atoms with van der Waals surface area (Å²) in [5.74, 6) is -0.193. The van der Waals surface area contributed by atoms with Crippen LogP contribution in [0.2, 0.25) is 0 Å². The van der Waals surface area contributed by atoms with E-state index in [-0.39, 0.29) is 5.82 Å². The van der Waals surface area contributed by atoms with Crippen LogP contribution < -0.4 is 0 Å². The molecule has 0 saturated carbocycles. The quantitative estimate of drug-likeness (QED) is 0.473. The number of aromatic nitrogens is 1. The number of pyridine rings is 1. The molecule has 0 aliphatic heterocycles. The highest BCUT2D eigenvalue weighted by Crippen LogP contribution is 2.30. The van der Waals surface area contributed by atoms with Crippen molar-refractivity contribution in [1.29, 1.82) is 0 Å². The van der Waals surface area contributed by atoms with Crippen molar-refractivity contribution in [2.75, 3.05) is 7.05 Å². The van der Waals surface area contributed by atoms with E-state index in [1.54, 1.807) is 0 Å². The van der Waals surface area contributed by atoms with Gasteiger partial charge in [-0.1, -0.05) is 44.2 Å². The molecule has 3 heteroatoms. The Labute approximate surface area is 174 Å². The fourth-order valence-corrected chi connectivity index (χ4v) is 4.02. The van der Waals surface area contributed by atoms with Crippen molar-refractivity contribution < 1.29 is 4.39 Å². The van der Waals surface area contributed by atoms with E-state index in [2.05, 4.69) is 63.9 Å². The zero-order valence-electron chi connectivity index (χ0n) is 18.2. The van der Waals surface area contributed by atoms with E-state index in [0.717, 1.165) is 42.9 Å². The number of hydrogen-bond donors (Lipinski definition) is 0. The van der Waals surface area contributed by atoms with Crippen molar-refractivity contribution in [1.82, 2.24) is 9.88 Å². The molecule has 152 valence electrons. The summed E-state index contributed by atoms with van der Waals surface area (Å²) in [6.45, 7) is 10.3. The second kappa shape index (κ2) is 9.32. The molecule has 0 N–H and O–H groups in total. The van der Waals surface area contributed by atoms with E-state index < -0.39 is 0 Å². The van der Waals surface area contributed by atoms with Crippen LogP contribution in [0.15, 0.2) is 48.5 Å². The SMILES string of the molecule is CCc1cccc(CC)c1-c1cc(C)c(CN(C)Cc2ccc(F)cc2)c(C)n1. The van der Waals surface area contributed by atoms with Gasteiger partial charge in [-0.25, -0.2) is 4.39 Å². The lowest BCUT2D eigenvalue weighted by molar-refractivity contribution is 0.317. The minimum atomic E-state index is -0.193. The Kier molecular flexibility index (Phi) is 6.81. The van der Waals surface area contributed by atoms with Crippen LogP contribution in [0.4, 0.5) is 4.39 Å². The van der Waals surface area contributed by atoms with Crippen LogP contribution >= 0.6 is 0 Å². The molecule has 3 rings (SSSR count). The van der Waals surface area contributed by atoms with E-state index in [1.165, 1.54) is 39.9 Å². The molecule has 1 aromatic heterocycles. The molecular formula is C26H31FN2. The summed E-state index contributed by atoms with van der Waals surface area (Å²) in [7, 11) is 2.09. The number of nitrogens with zero attached hydrogens (tertiary/aromatic N) is 2. The average molecular weight is 391 g/mol. The van der Waals surface area contributed by atoms with Crippen molar-refractivity contribution in [3.8, 4) is 11.3 Å². The first-order valence-corrected chi connectivity index (χ1v) is 10.4. The molecule has 0 fully saturated rings. The standard InChI is InChI=1S/C26H31FN2/c1-6-21-9-8-10-22(7-2)26(21)25-15-18(3)24(19(4)28-25)17-29(5)16-20-11-13-23(27)14-12-20/h8-15H,6-7,16-17H2,1-5H3. The summed E-state index contributed by atoms with van der Waals surface area (Å²) in [4.78, 5) is 7.27. The zero-order valence-corrected chi connectivity index (χ0v) is 18.2. The highest BCUT2D eigenvalue weighted by Gasteiger charge is 2.15. The highest BCUT2D eigenvalue weighted by molar-refractivity contribution is 5.69. The third-order valence-electron chi connectivity index (χ3n) is 5.60. The monoisotopic (exact) mass is 390 g/mol. The van der Waals surface area contributed by atoms with Crippen molar-refractivity contribution >= 4 is 0 Å². The molecule has 0 aliphatic carbocycles. The van der Waals surface area contributed by atoms with E-state index in [9.17, 15) is 4.39 Å². The van der Waals surface area contributed by atoms with Gasteiger partial charge in [0.25, 0.3) is 0 Å². The maximum Gasteiger partial charge on any atom is 0.123 e. The summed E-state index contributed by atoms with van der Waals surface area (Å²) >= 11 is 0. The van der Waals surface area contributed by atoms with Gasteiger partial charge < -0.3 is 0 Å². The second-order valence-corrected chi connectivity index (χ2v) is 7.85. The zero-order chi connectivity index (χ0) is 21.0. The number of hydrogen-bond acceptors (Lipinski definition) is 2. The molecule has 0 amide bonds. The molecule has 29 heavy (non-hydrogen) atoms. The van der Waals surface area contributed by atoms with Crippen LogP contribution in [0.5, 0.6) is 0 Å². The van der Waals surface area contributed by atoms with Gasteiger partial charge in [-0.15, -0.1) is 0 Å². The van der Waals surface area contributed by atoms with E-state index in [1.807, 2.05) is 12.1 Å². The summed E-state index contributed by atoms with van der Waals surface area (Å²) in [5, 5.41) is 0. The number of aryl methyl sites for hydroxylation is 4. The first kappa shape index (κ1) is 21.2. The minimum Gasteiger partial charge on any atom is -0.298 e. The lowest BCUT2D eigenvalue weighted by Gasteiger charge is -2.21. The predicted octanol–water partition coefficient (Wildman–Crippen LogP) is 6.26. The Hall–Kier alpha value is -2.52. The third-order valence-corrected chi connectivity index (χ3v) is 5.60. The van der Waals surface area contributed by atoms with Gasteiger partial charge in [0.05, 0.1) is 5.69 Å². The Morgan fingerprint density at radius 2 is 1.52 bits per heavy atom. The predicted molar refractivity (Wildman–Crippen MR) is 119 cm³/mol. The molecule has 3 aromatic rings. The summed E-state index contributed by atoms with van der Waals surface area (Å²) in [6.07, 6.45) is 2.01. The van der Waals surface area contributed by atoms with Crippen LogP contribution in [0.3, 0.4) is 0 Å². The Bertz CT molecular complexity index is 931. The van der Waals surface area contributed by atoms with Gasteiger partial charge in [0, 0.05) is 24.3 Å². The Balaban J connectivity index is 1.88. The topological polar surface area (TPSA) is 16.1 Å². The number of benzene rings is 2. The van der Waals surface area contributed by atoms with E-state index in [4.69, 9.17) is 4.98 Å². The van der Waals surface area contributed by atoms with Gasteiger partial charge in [-0.3, -0.25) is 9.88 Å². The molecule has 0 unspecified atom stereocenters. The average Bonchev–Trinajstić information content (AvgIpc) is 2.71. The second-order valence-electron chi connectivity index (χ2n) is 7.85. The largest absolute Gasteiger partial charge is 0.298 e. The molecular weight excluding hydrogens is 359 g/mol. The summed E-state index contributed by atoms with van der Waals surface area (Å²) in [5.41, 5.74) is 9.83. The van der Waals surface area contributed by atoms with Gasteiger partial charge in [0.15, 0.2) is 0 Å². The molecule has 0 aliphatic rings. The summed E-state index contributed by atoms with van der Waals surface area (Å²) < 4.78 is 13.1. The minimum absolute atomic E-state index is 0.193. The van der Waals surface area contributed by atoms with Crippen LogP contribution in [-0.2, 0) is 25.9 Å². The lowest BCUT2D eigenvalue weighted by Crippen LogP contribution is -2.19. The van der Waals surface area contributed by atoms with E-state index >= 15 is 0 Å². The molecule has 0 atom stereocenters. The number of halogens is 1. The van der Waals surface area contributed by atoms with Gasteiger partial charge in [-0.2, -0.15) is 0 Å². The first-order valence-electron chi connectivity index (χ1n) is 10.4. The fraction of sp³-hybridized carbons (Fsp3) is 0.346. The van der Waals surface area contributed by atoms with Gasteiger partial charge in [0.2, 0.25) is 0 Å². The van der Waals surface area contributed by atoms with Crippen LogP contribution in [0.1, 0.15) is 47.4 Å². The lowest BCUT2D eigenvalue weighted by atomic mass is 9.93. The molecule has 2 aromatic carbocycles. The molecule has 0 saturated heterocycles. The van der Waals surface area contributed by atoms with Gasteiger partial charge in [0.1, 0.15) is 5.82 Å². The fourth-order valence-electron chi connectivity index (χ4n) is 4.02. The molecule has 0 bridgehead atoms. The smallest absolute Gasteiger partial charge is 0.123 e. The summed E-state index contributed by atoms with van der Waals surface area (Å²) in [6, 6.07) is 15.6. The van der Waals surface area contributed by atoms with Crippen LogP contribution in [0.25, 0.3) is 11.3 Å². The Morgan fingerprint density at radius 3 is 2.07 bits per heavy atom. The number of rotatable bonds is 7. The highest BCUT2D eigenvalue weighted by atomic mass is 19.1. The molecule has 0 spiro atoms. The van der Waals surface area contributed by atoms with Crippen molar-refractivity contribution in [2.24, 2.45) is 0 Å².